The van der Waals surface area contributed by atoms with Gasteiger partial charge in [-0.15, -0.1) is 0 Å². The molecule has 1 aromatic heterocycles. The van der Waals surface area contributed by atoms with Gasteiger partial charge in [-0.25, -0.2) is 4.39 Å². The van der Waals surface area contributed by atoms with Gasteiger partial charge in [-0.3, -0.25) is 14.4 Å². The number of amides is 2. The third-order valence-corrected chi connectivity index (χ3v) is 6.88. The van der Waals surface area contributed by atoms with Crippen molar-refractivity contribution in [2.45, 2.75) is 65.5 Å². The first-order valence-corrected chi connectivity index (χ1v) is 11.1. The first kappa shape index (κ1) is 24.6. The number of rotatable bonds is 5. The number of ketones is 1. The van der Waals surface area contributed by atoms with E-state index in [2.05, 4.69) is 10.6 Å². The molecule has 178 valence electrons. The van der Waals surface area contributed by atoms with Crippen LogP contribution >= 0.6 is 0 Å². The summed E-state index contributed by atoms with van der Waals surface area (Å²) < 4.78 is 15.1. The molecular formula is C25H32FN3O4. The fraction of sp³-hybridized carbons (Fsp3) is 0.480. The summed E-state index contributed by atoms with van der Waals surface area (Å²) >= 11 is 0. The van der Waals surface area contributed by atoms with E-state index in [-0.39, 0.29) is 17.4 Å². The summed E-state index contributed by atoms with van der Waals surface area (Å²) in [5.41, 5.74) is 1.53. The molecule has 1 unspecified atom stereocenters. The third-order valence-electron chi connectivity index (χ3n) is 6.88. The standard InChI is InChI=1S/C25H32FN3O4/c1-13-9-10-25(5,12-19(13)30)28-24(33)22(31)21-15(3)20(16(4)29(21)6)23(32)27-17-7-8-18(26)14(2)11-17/h7-8,11,13,19,30H,9-10,12H2,1-6H3,(H,27,32)(H,28,33)/t13-,19+,25?/m0/s1. The van der Waals surface area contributed by atoms with Gasteiger partial charge in [-0.1, -0.05) is 6.92 Å². The number of hydrogen-bond acceptors (Lipinski definition) is 4. The smallest absolute Gasteiger partial charge is 0.294 e. The Morgan fingerprint density at radius 3 is 2.48 bits per heavy atom. The maximum absolute atomic E-state index is 13.5. The predicted octanol–water partition coefficient (Wildman–Crippen LogP) is 3.58. The Kier molecular flexibility index (Phi) is 6.79. The molecule has 7 nitrogen and oxygen atoms in total. The van der Waals surface area contributed by atoms with Crippen LogP contribution < -0.4 is 10.6 Å². The highest BCUT2D eigenvalue weighted by Gasteiger charge is 2.38. The van der Waals surface area contributed by atoms with Crippen LogP contribution in [0.25, 0.3) is 0 Å². The number of aliphatic hydroxyl groups is 1. The van der Waals surface area contributed by atoms with Gasteiger partial charge in [0.25, 0.3) is 17.6 Å². The highest BCUT2D eigenvalue weighted by molar-refractivity contribution is 6.43. The number of aliphatic hydroxyl groups excluding tert-OH is 1. The normalized spacial score (nSPS) is 22.7. The molecule has 0 radical (unpaired) electrons. The number of benzene rings is 1. The molecule has 0 bridgehead atoms. The summed E-state index contributed by atoms with van der Waals surface area (Å²) in [6, 6.07) is 4.27. The minimum absolute atomic E-state index is 0.138. The predicted molar refractivity (Wildman–Crippen MR) is 124 cm³/mol. The number of nitrogens with one attached hydrogen (secondary N) is 2. The average Bonchev–Trinajstić information content (AvgIpc) is 2.95. The largest absolute Gasteiger partial charge is 0.393 e. The Labute approximate surface area is 193 Å². The van der Waals surface area contributed by atoms with Crippen molar-refractivity contribution in [3.63, 3.8) is 0 Å². The second-order valence-electron chi connectivity index (χ2n) is 9.54. The molecular weight excluding hydrogens is 425 g/mol. The van der Waals surface area contributed by atoms with E-state index in [9.17, 15) is 23.9 Å². The summed E-state index contributed by atoms with van der Waals surface area (Å²) in [6.07, 6.45) is 1.26. The molecule has 0 aliphatic heterocycles. The van der Waals surface area contributed by atoms with Crippen LogP contribution in [0.4, 0.5) is 10.1 Å². The Balaban J connectivity index is 1.83. The van der Waals surface area contributed by atoms with Crippen molar-refractivity contribution in [2.24, 2.45) is 13.0 Å². The van der Waals surface area contributed by atoms with Crippen molar-refractivity contribution in [1.82, 2.24) is 9.88 Å². The molecule has 3 atom stereocenters. The summed E-state index contributed by atoms with van der Waals surface area (Å²) in [6.45, 7) is 8.73. The molecule has 3 N–H and O–H groups in total. The number of anilines is 1. The molecule has 33 heavy (non-hydrogen) atoms. The highest BCUT2D eigenvalue weighted by Crippen LogP contribution is 2.32. The molecule has 8 heteroatoms. The Morgan fingerprint density at radius 1 is 1.21 bits per heavy atom. The van der Waals surface area contributed by atoms with Gasteiger partial charge in [0.2, 0.25) is 0 Å². The number of aromatic nitrogens is 1. The van der Waals surface area contributed by atoms with Gasteiger partial charge in [0.15, 0.2) is 0 Å². The number of halogens is 1. The number of carbonyl (C=O) groups excluding carboxylic acids is 3. The van der Waals surface area contributed by atoms with Crippen molar-refractivity contribution >= 4 is 23.3 Å². The van der Waals surface area contributed by atoms with E-state index >= 15 is 0 Å². The number of aryl methyl sites for hydroxylation is 1. The second-order valence-corrected chi connectivity index (χ2v) is 9.54. The minimum Gasteiger partial charge on any atom is -0.393 e. The van der Waals surface area contributed by atoms with Crippen molar-refractivity contribution < 1.29 is 23.9 Å². The molecule has 1 aliphatic rings. The van der Waals surface area contributed by atoms with E-state index in [1.54, 1.807) is 32.4 Å². The molecule has 3 rings (SSSR count). The molecule has 1 aliphatic carbocycles. The minimum atomic E-state index is -0.760. The SMILES string of the molecule is Cc1cc(NC(=O)c2c(C)c(C(=O)C(=O)NC3(C)CC[C@H](C)[C@H](O)C3)n(C)c2C)ccc1F. The Hall–Kier alpha value is -3.00. The van der Waals surface area contributed by atoms with Crippen LogP contribution in [0.3, 0.4) is 0 Å². The van der Waals surface area contributed by atoms with Gasteiger partial charge in [0.05, 0.1) is 17.4 Å². The average molecular weight is 458 g/mol. The van der Waals surface area contributed by atoms with Crippen LogP contribution in [-0.2, 0) is 11.8 Å². The third kappa shape index (κ3) is 4.85. The van der Waals surface area contributed by atoms with Gasteiger partial charge < -0.3 is 20.3 Å². The number of hydrogen-bond donors (Lipinski definition) is 3. The second kappa shape index (κ2) is 9.09. The topological polar surface area (TPSA) is 100 Å². The summed E-state index contributed by atoms with van der Waals surface area (Å²) in [5.74, 6) is -2.15. The maximum atomic E-state index is 13.5. The summed E-state index contributed by atoms with van der Waals surface area (Å²) in [4.78, 5) is 39.0. The van der Waals surface area contributed by atoms with E-state index in [0.717, 1.165) is 6.42 Å². The lowest BCUT2D eigenvalue weighted by Crippen LogP contribution is -2.53. The lowest BCUT2D eigenvalue weighted by molar-refractivity contribution is -0.119. The van der Waals surface area contributed by atoms with Crippen molar-refractivity contribution in [3.05, 3.63) is 52.1 Å². The van der Waals surface area contributed by atoms with E-state index in [1.165, 1.54) is 18.2 Å². The van der Waals surface area contributed by atoms with Gasteiger partial charge >= 0.3 is 0 Å². The fourth-order valence-corrected chi connectivity index (χ4v) is 4.61. The zero-order valence-electron chi connectivity index (χ0n) is 20.0. The van der Waals surface area contributed by atoms with E-state index in [1.807, 2.05) is 13.8 Å². The first-order valence-electron chi connectivity index (χ1n) is 11.1. The van der Waals surface area contributed by atoms with Crippen LogP contribution in [0.15, 0.2) is 18.2 Å². The lowest BCUT2D eigenvalue weighted by atomic mass is 9.76. The quantitative estimate of drug-likeness (QED) is 0.472. The zero-order valence-corrected chi connectivity index (χ0v) is 20.0. The molecule has 1 fully saturated rings. The molecule has 1 aromatic carbocycles. The summed E-state index contributed by atoms with van der Waals surface area (Å²) in [7, 11) is 1.63. The van der Waals surface area contributed by atoms with Crippen LogP contribution in [0.2, 0.25) is 0 Å². The Bertz CT molecular complexity index is 1120. The van der Waals surface area contributed by atoms with Gasteiger partial charge in [-0.2, -0.15) is 0 Å². The van der Waals surface area contributed by atoms with Crippen LogP contribution in [0.1, 0.15) is 70.8 Å². The van der Waals surface area contributed by atoms with E-state index in [0.29, 0.717) is 40.9 Å². The first-order chi connectivity index (χ1) is 15.3. The van der Waals surface area contributed by atoms with Crippen molar-refractivity contribution in [3.8, 4) is 0 Å². The zero-order chi connectivity index (χ0) is 24.7. The molecule has 1 heterocycles. The van der Waals surface area contributed by atoms with Crippen molar-refractivity contribution in [1.29, 1.82) is 0 Å². The van der Waals surface area contributed by atoms with Gasteiger partial charge in [0.1, 0.15) is 5.82 Å². The fourth-order valence-electron chi connectivity index (χ4n) is 4.61. The maximum Gasteiger partial charge on any atom is 0.294 e. The molecule has 0 spiro atoms. The van der Waals surface area contributed by atoms with Crippen LogP contribution in [-0.4, -0.2) is 38.9 Å². The van der Waals surface area contributed by atoms with Gasteiger partial charge in [-0.05, 0) is 82.2 Å². The van der Waals surface area contributed by atoms with Crippen LogP contribution in [0, 0.1) is 32.5 Å². The van der Waals surface area contributed by atoms with Crippen molar-refractivity contribution in [2.75, 3.05) is 5.32 Å². The highest BCUT2D eigenvalue weighted by atomic mass is 19.1. The van der Waals surface area contributed by atoms with E-state index in [4.69, 9.17) is 0 Å². The Morgan fingerprint density at radius 2 is 1.88 bits per heavy atom. The number of carbonyl (C=O) groups is 3. The molecule has 0 saturated heterocycles. The van der Waals surface area contributed by atoms with Gasteiger partial charge in [0, 0.05) is 24.0 Å². The number of Topliss-reactive ketones (excluding diaryl/α,β-unsaturated/α-hetero) is 1. The van der Waals surface area contributed by atoms with E-state index < -0.39 is 29.2 Å². The summed E-state index contributed by atoms with van der Waals surface area (Å²) in [5, 5.41) is 15.8. The molecule has 2 aromatic rings. The lowest BCUT2D eigenvalue weighted by Gasteiger charge is -2.39. The molecule has 1 saturated carbocycles. The molecule has 2 amide bonds. The number of nitrogens with zero attached hydrogens (tertiary/aromatic N) is 1. The monoisotopic (exact) mass is 457 g/mol. The van der Waals surface area contributed by atoms with Crippen LogP contribution in [0.5, 0.6) is 0 Å².